The Hall–Kier alpha value is -2.57. The average molecular weight is 331 g/mol. The summed E-state index contributed by atoms with van der Waals surface area (Å²) < 4.78 is 7.53. The summed E-state index contributed by atoms with van der Waals surface area (Å²) in [6.07, 6.45) is 1.47. The number of hydrogen-bond donors (Lipinski definition) is 1. The molecule has 0 spiro atoms. The number of nitrogens with one attached hydrogen (secondary N) is 1. The minimum absolute atomic E-state index is 0.113. The van der Waals surface area contributed by atoms with Gasteiger partial charge in [0.05, 0.1) is 12.6 Å². The topological polar surface area (TPSA) is 72.3 Å². The monoisotopic (exact) mass is 331 g/mol. The number of carbonyl (C=O) groups excluding carboxylic acids is 1. The van der Waals surface area contributed by atoms with Crippen molar-refractivity contribution in [2.24, 2.45) is 7.05 Å². The van der Waals surface area contributed by atoms with Gasteiger partial charge in [-0.05, 0) is 31.9 Å². The molecule has 130 valence electrons. The van der Waals surface area contributed by atoms with Crippen LogP contribution in [0.3, 0.4) is 0 Å². The predicted molar refractivity (Wildman–Crippen MR) is 91.9 cm³/mol. The highest BCUT2D eigenvalue weighted by atomic mass is 16.5. The molecule has 0 radical (unpaired) electrons. The Morgan fingerprint density at radius 1 is 1.38 bits per heavy atom. The highest BCUT2D eigenvalue weighted by Crippen LogP contribution is 2.22. The maximum absolute atomic E-state index is 12.2. The first-order chi connectivity index (χ1) is 11.4. The molecule has 1 aromatic carbocycles. The van der Waals surface area contributed by atoms with E-state index in [1.54, 1.807) is 23.7 Å². The number of aromatic nitrogens is 3. The highest BCUT2D eigenvalue weighted by molar-refractivity contribution is 5.74. The van der Waals surface area contributed by atoms with Crippen LogP contribution in [-0.4, -0.2) is 45.4 Å². The van der Waals surface area contributed by atoms with Crippen molar-refractivity contribution in [3.05, 3.63) is 41.5 Å². The van der Waals surface area contributed by atoms with E-state index in [1.165, 1.54) is 6.33 Å². The Kier molecular flexibility index (Phi) is 5.78. The second-order valence-corrected chi connectivity index (χ2v) is 6.04. The number of urea groups is 1. The minimum atomic E-state index is -0.171. The Labute approximate surface area is 142 Å². The molecule has 1 heterocycles. The zero-order valence-corrected chi connectivity index (χ0v) is 14.9. The van der Waals surface area contributed by atoms with Gasteiger partial charge in [-0.25, -0.2) is 9.78 Å². The molecule has 0 saturated heterocycles. The van der Waals surface area contributed by atoms with Crippen LogP contribution < -0.4 is 10.1 Å². The molecule has 7 nitrogen and oxygen atoms in total. The van der Waals surface area contributed by atoms with Gasteiger partial charge in [-0.3, -0.25) is 4.68 Å². The molecule has 0 saturated carbocycles. The van der Waals surface area contributed by atoms with Gasteiger partial charge in [-0.2, -0.15) is 5.10 Å². The fourth-order valence-electron chi connectivity index (χ4n) is 2.35. The van der Waals surface area contributed by atoms with Crippen LogP contribution in [-0.2, 0) is 13.6 Å². The van der Waals surface area contributed by atoms with E-state index in [0.717, 1.165) is 22.7 Å². The van der Waals surface area contributed by atoms with Gasteiger partial charge < -0.3 is 15.0 Å². The summed E-state index contributed by atoms with van der Waals surface area (Å²) >= 11 is 0. The van der Waals surface area contributed by atoms with Crippen LogP contribution in [0.4, 0.5) is 4.79 Å². The molecule has 0 aliphatic carbocycles. The van der Waals surface area contributed by atoms with E-state index in [0.29, 0.717) is 13.2 Å². The standard InChI is InChI=1S/C17H25N5O2/c1-12-7-6-8-13(2)16(12)24-10-14(3)20-17(23)21(4)9-15-18-11-19-22(15)5/h6-8,11,14H,9-10H2,1-5H3,(H,20,23)/t14-/m0/s1. The van der Waals surface area contributed by atoms with Crippen LogP contribution in [0.2, 0.25) is 0 Å². The molecule has 0 aliphatic heterocycles. The van der Waals surface area contributed by atoms with Crippen LogP contribution >= 0.6 is 0 Å². The first-order valence-corrected chi connectivity index (χ1v) is 7.92. The van der Waals surface area contributed by atoms with Crippen LogP contribution in [0.15, 0.2) is 24.5 Å². The van der Waals surface area contributed by atoms with Gasteiger partial charge >= 0.3 is 6.03 Å². The number of benzene rings is 1. The molecule has 0 fully saturated rings. The van der Waals surface area contributed by atoms with Crippen LogP contribution in [0.5, 0.6) is 5.75 Å². The molecule has 24 heavy (non-hydrogen) atoms. The maximum Gasteiger partial charge on any atom is 0.317 e. The van der Waals surface area contributed by atoms with E-state index in [2.05, 4.69) is 15.4 Å². The first-order valence-electron chi connectivity index (χ1n) is 7.92. The number of ether oxygens (including phenoxy) is 1. The third kappa shape index (κ3) is 4.47. The minimum Gasteiger partial charge on any atom is -0.491 e. The van der Waals surface area contributed by atoms with Crippen molar-refractivity contribution in [1.29, 1.82) is 0 Å². The number of hydrogen-bond acceptors (Lipinski definition) is 4. The van der Waals surface area contributed by atoms with E-state index in [9.17, 15) is 4.79 Å². The van der Waals surface area contributed by atoms with Gasteiger partial charge in [0.15, 0.2) is 0 Å². The first kappa shape index (κ1) is 17.8. The average Bonchev–Trinajstić information content (AvgIpc) is 2.91. The fraction of sp³-hybridized carbons (Fsp3) is 0.471. The molecular weight excluding hydrogens is 306 g/mol. The van der Waals surface area contributed by atoms with Crippen molar-refractivity contribution in [2.75, 3.05) is 13.7 Å². The van der Waals surface area contributed by atoms with Crippen molar-refractivity contribution in [2.45, 2.75) is 33.4 Å². The lowest BCUT2D eigenvalue weighted by Crippen LogP contribution is -2.44. The lowest BCUT2D eigenvalue weighted by molar-refractivity contribution is 0.193. The Morgan fingerprint density at radius 3 is 2.62 bits per heavy atom. The summed E-state index contributed by atoms with van der Waals surface area (Å²) in [6.45, 7) is 6.75. The second-order valence-electron chi connectivity index (χ2n) is 6.04. The van der Waals surface area contributed by atoms with E-state index in [-0.39, 0.29) is 12.1 Å². The van der Waals surface area contributed by atoms with E-state index in [4.69, 9.17) is 4.74 Å². The third-order valence-electron chi connectivity index (χ3n) is 3.79. The Balaban J connectivity index is 1.84. The van der Waals surface area contributed by atoms with Gasteiger partial charge in [-0.1, -0.05) is 18.2 Å². The predicted octanol–water partition coefficient (Wildman–Crippen LogP) is 2.04. The lowest BCUT2D eigenvalue weighted by atomic mass is 10.1. The van der Waals surface area contributed by atoms with Gasteiger partial charge in [0.25, 0.3) is 0 Å². The fourth-order valence-corrected chi connectivity index (χ4v) is 2.35. The molecule has 1 N–H and O–H groups in total. The number of rotatable bonds is 6. The van der Waals surface area contributed by atoms with Gasteiger partial charge in [0.1, 0.15) is 24.5 Å². The van der Waals surface area contributed by atoms with Crippen molar-refractivity contribution in [3.8, 4) is 5.75 Å². The molecule has 1 aromatic heterocycles. The highest BCUT2D eigenvalue weighted by Gasteiger charge is 2.15. The number of carbonyl (C=O) groups is 1. The SMILES string of the molecule is Cc1cccc(C)c1OC[C@H](C)NC(=O)N(C)Cc1ncnn1C. The van der Waals surface area contributed by atoms with E-state index >= 15 is 0 Å². The number of nitrogens with zero attached hydrogens (tertiary/aromatic N) is 4. The molecule has 1 atom stereocenters. The van der Waals surface area contributed by atoms with Crippen molar-refractivity contribution in [1.82, 2.24) is 25.0 Å². The summed E-state index contributed by atoms with van der Waals surface area (Å²) in [6, 6.07) is 5.75. The lowest BCUT2D eigenvalue weighted by Gasteiger charge is -2.22. The smallest absolute Gasteiger partial charge is 0.317 e. The van der Waals surface area contributed by atoms with Gasteiger partial charge in [0, 0.05) is 14.1 Å². The molecule has 7 heteroatoms. The molecule has 0 bridgehead atoms. The van der Waals surface area contributed by atoms with Crippen LogP contribution in [0, 0.1) is 13.8 Å². The van der Waals surface area contributed by atoms with Crippen molar-refractivity contribution in [3.63, 3.8) is 0 Å². The summed E-state index contributed by atoms with van der Waals surface area (Å²) in [4.78, 5) is 17.9. The van der Waals surface area contributed by atoms with E-state index in [1.807, 2.05) is 39.0 Å². The zero-order valence-electron chi connectivity index (χ0n) is 14.9. The summed E-state index contributed by atoms with van der Waals surface area (Å²) in [5, 5.41) is 6.92. The third-order valence-corrected chi connectivity index (χ3v) is 3.79. The van der Waals surface area contributed by atoms with Gasteiger partial charge in [0.2, 0.25) is 0 Å². The van der Waals surface area contributed by atoms with Crippen LogP contribution in [0.25, 0.3) is 0 Å². The zero-order chi connectivity index (χ0) is 17.7. The van der Waals surface area contributed by atoms with Crippen molar-refractivity contribution < 1.29 is 9.53 Å². The maximum atomic E-state index is 12.2. The van der Waals surface area contributed by atoms with Crippen molar-refractivity contribution >= 4 is 6.03 Å². The molecule has 2 amide bonds. The number of amides is 2. The normalized spacial score (nSPS) is 11.9. The summed E-state index contributed by atoms with van der Waals surface area (Å²) in [5.74, 6) is 1.61. The molecule has 0 unspecified atom stereocenters. The molecule has 2 aromatic rings. The second kappa shape index (κ2) is 7.81. The molecule has 2 rings (SSSR count). The molecular formula is C17H25N5O2. The van der Waals surface area contributed by atoms with Crippen LogP contribution in [0.1, 0.15) is 23.9 Å². The summed E-state index contributed by atoms with van der Waals surface area (Å²) in [5.41, 5.74) is 2.18. The number of para-hydroxylation sites is 1. The largest absolute Gasteiger partial charge is 0.491 e. The quantitative estimate of drug-likeness (QED) is 0.879. The Bertz CT molecular complexity index is 678. The van der Waals surface area contributed by atoms with E-state index < -0.39 is 0 Å². The van der Waals surface area contributed by atoms with Gasteiger partial charge in [-0.15, -0.1) is 0 Å². The molecule has 0 aliphatic rings. The summed E-state index contributed by atoms with van der Waals surface area (Å²) in [7, 11) is 3.53. The number of aryl methyl sites for hydroxylation is 3. The Morgan fingerprint density at radius 2 is 2.04 bits per heavy atom.